The van der Waals surface area contributed by atoms with Crippen LogP contribution < -0.4 is 16.6 Å². The summed E-state index contributed by atoms with van der Waals surface area (Å²) in [5, 5.41) is 3.23. The molecule has 2 rings (SSSR count). The molecule has 0 atom stereocenters. The van der Waals surface area contributed by atoms with Gasteiger partial charge in [0.1, 0.15) is 0 Å². The molecule has 0 radical (unpaired) electrons. The average molecular weight is 306 g/mol. The molecule has 0 fully saturated rings. The van der Waals surface area contributed by atoms with Gasteiger partial charge in [0.2, 0.25) is 5.91 Å². The van der Waals surface area contributed by atoms with Crippen molar-refractivity contribution in [1.29, 1.82) is 0 Å². The number of benzene rings is 1. The van der Waals surface area contributed by atoms with Crippen LogP contribution in [0.15, 0.2) is 47.4 Å². The second kappa shape index (κ2) is 7.06. The molecule has 110 valence electrons. The number of halogens is 1. The summed E-state index contributed by atoms with van der Waals surface area (Å²) in [6.07, 6.45) is 1.71. The summed E-state index contributed by atoms with van der Waals surface area (Å²) < 4.78 is 1.42. The lowest BCUT2D eigenvalue weighted by Crippen LogP contribution is -2.22. The van der Waals surface area contributed by atoms with Crippen LogP contribution in [0.5, 0.6) is 0 Å². The summed E-state index contributed by atoms with van der Waals surface area (Å²) in [5.41, 5.74) is 7.03. The molecule has 0 unspecified atom stereocenters. The van der Waals surface area contributed by atoms with Gasteiger partial charge in [0, 0.05) is 37.5 Å². The number of pyridine rings is 1. The van der Waals surface area contributed by atoms with E-state index in [-0.39, 0.29) is 24.4 Å². The standard InChI is InChI=1S/C15H16ClN3O2/c16-12-3-6-15(21)19(10-12)8-7-14(20)18-13-4-1-11(9-17)2-5-13/h1-6,10H,7-9,17H2,(H,18,20). The zero-order chi connectivity index (χ0) is 15.2. The number of aromatic nitrogens is 1. The molecule has 3 N–H and O–H groups in total. The first-order valence-electron chi connectivity index (χ1n) is 6.53. The number of nitrogens with two attached hydrogens (primary N) is 1. The molecular weight excluding hydrogens is 290 g/mol. The second-order valence-electron chi connectivity index (χ2n) is 4.58. The number of aryl methyl sites for hydroxylation is 1. The van der Waals surface area contributed by atoms with E-state index in [0.717, 1.165) is 5.56 Å². The number of carbonyl (C=O) groups excluding carboxylic acids is 1. The predicted octanol–water partition coefficient (Wildman–Crippen LogP) is 1.99. The minimum absolute atomic E-state index is 0.164. The van der Waals surface area contributed by atoms with E-state index in [1.54, 1.807) is 12.1 Å². The minimum Gasteiger partial charge on any atom is -0.326 e. The highest BCUT2D eigenvalue weighted by Crippen LogP contribution is 2.10. The highest BCUT2D eigenvalue weighted by Gasteiger charge is 2.04. The summed E-state index contributed by atoms with van der Waals surface area (Å²) in [6.45, 7) is 0.748. The summed E-state index contributed by atoms with van der Waals surface area (Å²) >= 11 is 5.82. The van der Waals surface area contributed by atoms with E-state index < -0.39 is 0 Å². The third kappa shape index (κ3) is 4.44. The van der Waals surface area contributed by atoms with Gasteiger partial charge in [-0.2, -0.15) is 0 Å². The quantitative estimate of drug-likeness (QED) is 0.887. The van der Waals surface area contributed by atoms with E-state index in [4.69, 9.17) is 17.3 Å². The smallest absolute Gasteiger partial charge is 0.250 e. The molecule has 0 spiro atoms. The van der Waals surface area contributed by atoms with E-state index in [9.17, 15) is 9.59 Å². The second-order valence-corrected chi connectivity index (χ2v) is 5.01. The minimum atomic E-state index is -0.181. The van der Waals surface area contributed by atoms with Crippen LogP contribution in [-0.2, 0) is 17.9 Å². The highest BCUT2D eigenvalue weighted by molar-refractivity contribution is 6.30. The first-order valence-corrected chi connectivity index (χ1v) is 6.91. The Kier molecular flexibility index (Phi) is 5.14. The summed E-state index contributed by atoms with van der Waals surface area (Å²) in [7, 11) is 0. The fraction of sp³-hybridized carbons (Fsp3) is 0.200. The molecular formula is C15H16ClN3O2. The lowest BCUT2D eigenvalue weighted by molar-refractivity contribution is -0.116. The third-order valence-electron chi connectivity index (χ3n) is 3.00. The maximum atomic E-state index is 11.9. The number of nitrogens with one attached hydrogen (secondary N) is 1. The summed E-state index contributed by atoms with van der Waals surface area (Å²) in [6, 6.07) is 10.2. The van der Waals surface area contributed by atoms with Gasteiger partial charge in [-0.05, 0) is 23.8 Å². The zero-order valence-corrected chi connectivity index (χ0v) is 12.1. The van der Waals surface area contributed by atoms with Crippen molar-refractivity contribution in [3.05, 3.63) is 63.5 Å². The Labute approximate surface area is 127 Å². The molecule has 0 bridgehead atoms. The van der Waals surface area contributed by atoms with E-state index in [1.165, 1.54) is 22.9 Å². The van der Waals surface area contributed by atoms with Crippen molar-refractivity contribution in [2.45, 2.75) is 19.5 Å². The number of rotatable bonds is 5. The Hall–Kier alpha value is -2.11. The number of anilines is 1. The maximum absolute atomic E-state index is 11.9. The molecule has 1 aromatic heterocycles. The first-order chi connectivity index (χ1) is 10.1. The molecule has 0 saturated heterocycles. The van der Waals surface area contributed by atoms with Crippen LogP contribution in [0.4, 0.5) is 5.69 Å². The van der Waals surface area contributed by atoms with Crippen LogP contribution in [0.1, 0.15) is 12.0 Å². The zero-order valence-electron chi connectivity index (χ0n) is 11.4. The van der Waals surface area contributed by atoms with Gasteiger partial charge in [-0.1, -0.05) is 23.7 Å². The van der Waals surface area contributed by atoms with Crippen LogP contribution >= 0.6 is 11.6 Å². The molecule has 0 aliphatic rings. The molecule has 0 aliphatic carbocycles. The van der Waals surface area contributed by atoms with Crippen molar-refractivity contribution >= 4 is 23.2 Å². The van der Waals surface area contributed by atoms with Crippen LogP contribution in [0, 0.1) is 0 Å². The summed E-state index contributed by atoms with van der Waals surface area (Å²) in [5.74, 6) is -0.164. The Bertz CT molecular complexity index is 680. The van der Waals surface area contributed by atoms with Gasteiger partial charge in [0.25, 0.3) is 5.56 Å². The Morgan fingerprint density at radius 3 is 2.57 bits per heavy atom. The number of amides is 1. The van der Waals surface area contributed by atoms with Crippen LogP contribution in [-0.4, -0.2) is 10.5 Å². The molecule has 1 amide bonds. The lowest BCUT2D eigenvalue weighted by atomic mass is 10.2. The Morgan fingerprint density at radius 1 is 1.19 bits per heavy atom. The molecule has 1 aromatic carbocycles. The molecule has 5 nitrogen and oxygen atoms in total. The number of nitrogens with zero attached hydrogens (tertiary/aromatic N) is 1. The molecule has 2 aromatic rings. The lowest BCUT2D eigenvalue weighted by Gasteiger charge is -2.08. The van der Waals surface area contributed by atoms with E-state index >= 15 is 0 Å². The van der Waals surface area contributed by atoms with Crippen molar-refractivity contribution < 1.29 is 4.79 Å². The van der Waals surface area contributed by atoms with E-state index in [0.29, 0.717) is 17.3 Å². The van der Waals surface area contributed by atoms with Crippen LogP contribution in [0.25, 0.3) is 0 Å². The normalized spacial score (nSPS) is 10.4. The molecule has 21 heavy (non-hydrogen) atoms. The highest BCUT2D eigenvalue weighted by atomic mass is 35.5. The molecule has 6 heteroatoms. The van der Waals surface area contributed by atoms with Gasteiger partial charge in [0.05, 0.1) is 5.02 Å². The van der Waals surface area contributed by atoms with Gasteiger partial charge < -0.3 is 15.6 Å². The number of hydrogen-bond donors (Lipinski definition) is 2. The largest absolute Gasteiger partial charge is 0.326 e. The molecule has 0 saturated carbocycles. The van der Waals surface area contributed by atoms with Gasteiger partial charge in [0.15, 0.2) is 0 Å². The monoisotopic (exact) mass is 305 g/mol. The topological polar surface area (TPSA) is 77.1 Å². The first kappa shape index (κ1) is 15.3. The summed E-state index contributed by atoms with van der Waals surface area (Å²) in [4.78, 5) is 23.4. The fourth-order valence-corrected chi connectivity index (χ4v) is 2.03. The number of hydrogen-bond acceptors (Lipinski definition) is 3. The van der Waals surface area contributed by atoms with Gasteiger partial charge in [-0.15, -0.1) is 0 Å². The van der Waals surface area contributed by atoms with Crippen molar-refractivity contribution in [2.75, 3.05) is 5.32 Å². The SMILES string of the molecule is NCc1ccc(NC(=O)CCn2cc(Cl)ccc2=O)cc1. The third-order valence-corrected chi connectivity index (χ3v) is 3.22. The van der Waals surface area contributed by atoms with Crippen molar-refractivity contribution in [3.8, 4) is 0 Å². The number of carbonyl (C=O) groups is 1. The molecule has 1 heterocycles. The van der Waals surface area contributed by atoms with Crippen LogP contribution in [0.2, 0.25) is 5.02 Å². The average Bonchev–Trinajstić information content (AvgIpc) is 2.49. The predicted molar refractivity (Wildman–Crippen MR) is 83.3 cm³/mol. The van der Waals surface area contributed by atoms with Gasteiger partial charge >= 0.3 is 0 Å². The van der Waals surface area contributed by atoms with Crippen molar-refractivity contribution in [2.24, 2.45) is 5.73 Å². The van der Waals surface area contributed by atoms with E-state index in [1.807, 2.05) is 12.1 Å². The maximum Gasteiger partial charge on any atom is 0.250 e. The van der Waals surface area contributed by atoms with E-state index in [2.05, 4.69) is 5.32 Å². The van der Waals surface area contributed by atoms with Gasteiger partial charge in [-0.25, -0.2) is 0 Å². The van der Waals surface area contributed by atoms with Crippen LogP contribution in [0.3, 0.4) is 0 Å². The fourth-order valence-electron chi connectivity index (χ4n) is 1.85. The van der Waals surface area contributed by atoms with Gasteiger partial charge in [-0.3, -0.25) is 9.59 Å². The van der Waals surface area contributed by atoms with Crippen molar-refractivity contribution in [3.63, 3.8) is 0 Å². The Balaban J connectivity index is 1.92. The molecule has 0 aliphatic heterocycles. The Morgan fingerprint density at radius 2 is 1.90 bits per heavy atom. The van der Waals surface area contributed by atoms with Crippen molar-refractivity contribution in [1.82, 2.24) is 4.57 Å².